The third kappa shape index (κ3) is 2.16. The molecule has 76 valence electrons. The van der Waals surface area contributed by atoms with Crippen molar-refractivity contribution in [1.82, 2.24) is 4.98 Å². The first-order chi connectivity index (χ1) is 7.18. The Hall–Kier alpha value is -1.000. The zero-order chi connectivity index (χ0) is 10.8. The van der Waals surface area contributed by atoms with E-state index in [-0.39, 0.29) is 5.78 Å². The predicted molar refractivity (Wildman–Crippen MR) is 65.3 cm³/mol. The van der Waals surface area contributed by atoms with E-state index in [0.29, 0.717) is 4.88 Å². The molecule has 15 heavy (non-hydrogen) atoms. The highest BCUT2D eigenvalue weighted by Gasteiger charge is 2.09. The molecule has 0 aliphatic carbocycles. The molecule has 2 rings (SSSR count). The lowest BCUT2D eigenvalue weighted by Gasteiger charge is -1.98. The lowest BCUT2D eigenvalue weighted by atomic mass is 10.2. The van der Waals surface area contributed by atoms with Gasteiger partial charge in [0.1, 0.15) is 5.01 Å². The fourth-order valence-corrected chi connectivity index (χ4v) is 2.65. The minimum absolute atomic E-state index is 0.0609. The lowest BCUT2D eigenvalue weighted by Crippen LogP contribution is -1.83. The highest BCUT2D eigenvalue weighted by Crippen LogP contribution is 2.31. The quantitative estimate of drug-likeness (QED) is 0.785. The van der Waals surface area contributed by atoms with Crippen LogP contribution in [0.2, 0.25) is 0 Å². The van der Waals surface area contributed by atoms with Crippen LogP contribution in [0.15, 0.2) is 34.9 Å². The Morgan fingerprint density at radius 3 is 2.73 bits per heavy atom. The van der Waals surface area contributed by atoms with Crippen LogP contribution < -0.4 is 0 Å². The summed E-state index contributed by atoms with van der Waals surface area (Å²) in [6, 6.07) is 7.85. The summed E-state index contributed by atoms with van der Waals surface area (Å²) < 4.78 is 0.995. The number of ketones is 1. The number of benzene rings is 1. The Kier molecular flexibility index (Phi) is 2.98. The van der Waals surface area contributed by atoms with Crippen molar-refractivity contribution >= 4 is 33.0 Å². The summed E-state index contributed by atoms with van der Waals surface area (Å²) in [5.41, 5.74) is 1.02. The largest absolute Gasteiger partial charge is 0.294 e. The Labute approximate surface area is 100 Å². The Morgan fingerprint density at radius 2 is 2.13 bits per heavy atom. The molecule has 0 atom stereocenters. The van der Waals surface area contributed by atoms with Gasteiger partial charge in [-0.1, -0.05) is 34.1 Å². The van der Waals surface area contributed by atoms with Gasteiger partial charge in [0.25, 0.3) is 0 Å². The van der Waals surface area contributed by atoms with Crippen molar-refractivity contribution in [1.29, 1.82) is 0 Å². The third-order valence-electron chi connectivity index (χ3n) is 1.96. The van der Waals surface area contributed by atoms with Crippen molar-refractivity contribution in [3.05, 3.63) is 39.8 Å². The van der Waals surface area contributed by atoms with Crippen LogP contribution in [-0.4, -0.2) is 10.8 Å². The van der Waals surface area contributed by atoms with Crippen molar-refractivity contribution in [2.45, 2.75) is 6.92 Å². The van der Waals surface area contributed by atoms with Gasteiger partial charge < -0.3 is 0 Å². The molecule has 4 heteroatoms. The highest BCUT2D eigenvalue weighted by molar-refractivity contribution is 9.10. The van der Waals surface area contributed by atoms with E-state index in [2.05, 4.69) is 20.9 Å². The molecule has 1 aromatic carbocycles. The van der Waals surface area contributed by atoms with Gasteiger partial charge in [-0.2, -0.15) is 0 Å². The molecule has 2 nitrogen and oxygen atoms in total. The average molecular weight is 282 g/mol. The number of hydrogen-bond acceptors (Lipinski definition) is 3. The molecule has 0 spiro atoms. The summed E-state index contributed by atoms with van der Waals surface area (Å²) in [5.74, 6) is 0.0609. The van der Waals surface area contributed by atoms with Gasteiger partial charge in [0, 0.05) is 23.2 Å². The number of carbonyl (C=O) groups excluding carboxylic acids is 1. The van der Waals surface area contributed by atoms with Crippen LogP contribution >= 0.6 is 27.3 Å². The molecule has 0 saturated carbocycles. The topological polar surface area (TPSA) is 30.0 Å². The number of rotatable bonds is 2. The van der Waals surface area contributed by atoms with E-state index in [9.17, 15) is 4.79 Å². The lowest BCUT2D eigenvalue weighted by molar-refractivity contribution is 0.102. The van der Waals surface area contributed by atoms with Gasteiger partial charge in [0.2, 0.25) is 0 Å². The zero-order valence-corrected chi connectivity index (χ0v) is 10.4. The first kappa shape index (κ1) is 10.5. The molecule has 0 radical (unpaired) electrons. The number of hydrogen-bond donors (Lipinski definition) is 0. The van der Waals surface area contributed by atoms with Gasteiger partial charge in [0.15, 0.2) is 5.78 Å². The molecule has 0 aliphatic rings. The van der Waals surface area contributed by atoms with Gasteiger partial charge in [0.05, 0.1) is 4.88 Å². The maximum Gasteiger partial charge on any atom is 0.171 e. The molecule has 0 amide bonds. The van der Waals surface area contributed by atoms with Gasteiger partial charge in [-0.3, -0.25) is 4.79 Å². The first-order valence-electron chi connectivity index (χ1n) is 4.40. The van der Waals surface area contributed by atoms with E-state index in [1.807, 2.05) is 24.3 Å². The first-order valence-corrected chi connectivity index (χ1v) is 6.01. The van der Waals surface area contributed by atoms with E-state index >= 15 is 0 Å². The predicted octanol–water partition coefficient (Wildman–Crippen LogP) is 3.78. The second-order valence-corrected chi connectivity index (χ2v) is 4.95. The van der Waals surface area contributed by atoms with Crippen molar-refractivity contribution in [3.63, 3.8) is 0 Å². The highest BCUT2D eigenvalue weighted by atomic mass is 79.9. The van der Waals surface area contributed by atoms with Crippen molar-refractivity contribution in [2.75, 3.05) is 0 Å². The van der Waals surface area contributed by atoms with E-state index in [0.717, 1.165) is 15.0 Å². The molecule has 0 N–H and O–H groups in total. The normalized spacial score (nSPS) is 10.3. The van der Waals surface area contributed by atoms with Crippen LogP contribution in [0.4, 0.5) is 0 Å². The molecule has 1 heterocycles. The average Bonchev–Trinajstić information content (AvgIpc) is 2.67. The van der Waals surface area contributed by atoms with E-state index in [4.69, 9.17) is 0 Å². The molecule has 0 saturated heterocycles. The molecule has 0 bridgehead atoms. The minimum atomic E-state index is 0.0609. The Bertz CT molecular complexity index is 507. The number of aromatic nitrogens is 1. The molecule has 2 aromatic rings. The maximum absolute atomic E-state index is 11.1. The van der Waals surface area contributed by atoms with Crippen LogP contribution in [0.5, 0.6) is 0 Å². The summed E-state index contributed by atoms with van der Waals surface area (Å²) in [6.45, 7) is 1.55. The summed E-state index contributed by atoms with van der Waals surface area (Å²) in [7, 11) is 0. The second kappa shape index (κ2) is 4.24. The van der Waals surface area contributed by atoms with Crippen LogP contribution in [0.25, 0.3) is 10.6 Å². The summed E-state index contributed by atoms with van der Waals surface area (Å²) in [5, 5.41) is 0.868. The molecule has 0 aliphatic heterocycles. The van der Waals surface area contributed by atoms with Crippen LogP contribution in [-0.2, 0) is 0 Å². The maximum atomic E-state index is 11.1. The van der Waals surface area contributed by atoms with Crippen LogP contribution in [0.3, 0.4) is 0 Å². The minimum Gasteiger partial charge on any atom is -0.294 e. The van der Waals surface area contributed by atoms with Gasteiger partial charge >= 0.3 is 0 Å². The molecular weight excluding hydrogens is 274 g/mol. The van der Waals surface area contributed by atoms with Crippen LogP contribution in [0.1, 0.15) is 16.6 Å². The second-order valence-electron chi connectivity index (χ2n) is 3.07. The number of carbonyl (C=O) groups is 1. The van der Waals surface area contributed by atoms with Crippen molar-refractivity contribution < 1.29 is 4.79 Å². The van der Waals surface area contributed by atoms with Crippen molar-refractivity contribution in [3.8, 4) is 10.6 Å². The van der Waals surface area contributed by atoms with E-state index in [1.165, 1.54) is 11.3 Å². The number of Topliss-reactive ketones (excluding diaryl/α,β-unsaturated/α-hetero) is 1. The third-order valence-corrected chi connectivity index (χ3v) is 3.78. The van der Waals surface area contributed by atoms with Crippen LogP contribution in [0, 0.1) is 0 Å². The summed E-state index contributed by atoms with van der Waals surface area (Å²) in [4.78, 5) is 16.1. The van der Waals surface area contributed by atoms with Gasteiger partial charge in [-0.25, -0.2) is 4.98 Å². The van der Waals surface area contributed by atoms with Crippen molar-refractivity contribution in [2.24, 2.45) is 0 Å². The summed E-state index contributed by atoms with van der Waals surface area (Å²) >= 11 is 4.88. The standard InChI is InChI=1S/C11H8BrNOS/c1-7(14)10-6-13-11(15-10)8-4-2-3-5-9(8)12/h2-6H,1H3. The number of halogens is 1. The fourth-order valence-electron chi connectivity index (χ4n) is 1.20. The Balaban J connectivity index is 2.46. The summed E-state index contributed by atoms with van der Waals surface area (Å²) in [6.07, 6.45) is 1.63. The number of thiazole rings is 1. The van der Waals surface area contributed by atoms with E-state index in [1.54, 1.807) is 13.1 Å². The molecular formula is C11H8BrNOS. The number of nitrogens with zero attached hydrogens (tertiary/aromatic N) is 1. The fraction of sp³-hybridized carbons (Fsp3) is 0.0909. The zero-order valence-electron chi connectivity index (χ0n) is 8.03. The molecule has 0 unspecified atom stereocenters. The van der Waals surface area contributed by atoms with E-state index < -0.39 is 0 Å². The van der Waals surface area contributed by atoms with Gasteiger partial charge in [-0.05, 0) is 6.07 Å². The monoisotopic (exact) mass is 281 g/mol. The molecule has 0 fully saturated rings. The SMILES string of the molecule is CC(=O)c1cnc(-c2ccccc2Br)s1. The smallest absolute Gasteiger partial charge is 0.171 e. The molecule has 1 aromatic heterocycles. The van der Waals surface area contributed by atoms with Gasteiger partial charge in [-0.15, -0.1) is 11.3 Å². The Morgan fingerprint density at radius 1 is 1.40 bits per heavy atom.